The summed E-state index contributed by atoms with van der Waals surface area (Å²) in [4.78, 5) is 26.5. The predicted molar refractivity (Wildman–Crippen MR) is 96.8 cm³/mol. The lowest BCUT2D eigenvalue weighted by molar-refractivity contribution is -0.140. The van der Waals surface area contributed by atoms with Gasteiger partial charge in [0.1, 0.15) is 6.04 Å². The molecule has 23 heavy (non-hydrogen) atoms. The summed E-state index contributed by atoms with van der Waals surface area (Å²) in [6, 6.07) is 6.94. The first-order valence-electron chi connectivity index (χ1n) is 7.50. The SMILES string of the molecule is CC(NC(=O)C1CSC2(C)CSCC(=O)N12)c1ccc(Cl)cc1. The highest BCUT2D eigenvalue weighted by molar-refractivity contribution is 8.04. The summed E-state index contributed by atoms with van der Waals surface area (Å²) in [5.41, 5.74) is 0.997. The van der Waals surface area contributed by atoms with Gasteiger partial charge in [0, 0.05) is 16.5 Å². The van der Waals surface area contributed by atoms with Gasteiger partial charge in [-0.15, -0.1) is 23.5 Å². The Morgan fingerprint density at radius 1 is 1.43 bits per heavy atom. The first-order chi connectivity index (χ1) is 10.9. The first-order valence-corrected chi connectivity index (χ1v) is 10.0. The Morgan fingerprint density at radius 2 is 2.13 bits per heavy atom. The van der Waals surface area contributed by atoms with Crippen molar-refractivity contribution in [2.45, 2.75) is 30.8 Å². The minimum absolute atomic E-state index is 0.0630. The third kappa shape index (κ3) is 3.35. The number of carbonyl (C=O) groups is 2. The molecule has 2 amide bonds. The number of fused-ring (bicyclic) bond motifs is 1. The van der Waals surface area contributed by atoms with Gasteiger partial charge in [-0.1, -0.05) is 23.7 Å². The molecule has 2 heterocycles. The van der Waals surface area contributed by atoms with E-state index in [2.05, 4.69) is 12.2 Å². The van der Waals surface area contributed by atoms with E-state index in [9.17, 15) is 9.59 Å². The summed E-state index contributed by atoms with van der Waals surface area (Å²) in [7, 11) is 0. The summed E-state index contributed by atoms with van der Waals surface area (Å²) >= 11 is 9.24. The normalized spacial score (nSPS) is 28.4. The number of hydrogen-bond donors (Lipinski definition) is 1. The molecule has 0 aromatic heterocycles. The van der Waals surface area contributed by atoms with E-state index in [4.69, 9.17) is 11.6 Å². The Morgan fingerprint density at radius 3 is 2.83 bits per heavy atom. The van der Waals surface area contributed by atoms with Crippen molar-refractivity contribution in [2.75, 3.05) is 17.3 Å². The quantitative estimate of drug-likeness (QED) is 0.888. The van der Waals surface area contributed by atoms with Crippen LogP contribution in [0.25, 0.3) is 0 Å². The number of rotatable bonds is 3. The van der Waals surface area contributed by atoms with Crippen LogP contribution in [0.15, 0.2) is 24.3 Å². The summed E-state index contributed by atoms with van der Waals surface area (Å²) < 4.78 is 0. The van der Waals surface area contributed by atoms with E-state index in [0.29, 0.717) is 16.5 Å². The topological polar surface area (TPSA) is 49.4 Å². The van der Waals surface area contributed by atoms with Gasteiger partial charge < -0.3 is 10.2 Å². The average Bonchev–Trinajstić information content (AvgIpc) is 2.87. The summed E-state index contributed by atoms with van der Waals surface area (Å²) in [5, 5.41) is 3.71. The van der Waals surface area contributed by atoms with E-state index in [1.54, 1.807) is 28.4 Å². The van der Waals surface area contributed by atoms with Crippen LogP contribution in [-0.4, -0.2) is 44.9 Å². The maximum atomic E-state index is 12.7. The van der Waals surface area contributed by atoms with Crippen molar-refractivity contribution in [2.24, 2.45) is 0 Å². The molecule has 0 aliphatic carbocycles. The summed E-state index contributed by atoms with van der Waals surface area (Å²) in [6.45, 7) is 3.99. The Labute approximate surface area is 149 Å². The fourth-order valence-electron chi connectivity index (χ4n) is 3.02. The van der Waals surface area contributed by atoms with E-state index in [1.165, 1.54) is 0 Å². The van der Waals surface area contributed by atoms with E-state index >= 15 is 0 Å². The molecule has 0 saturated carbocycles. The molecule has 2 fully saturated rings. The smallest absolute Gasteiger partial charge is 0.244 e. The van der Waals surface area contributed by atoms with Crippen LogP contribution in [0.2, 0.25) is 5.02 Å². The zero-order valence-electron chi connectivity index (χ0n) is 13.0. The molecule has 1 aromatic carbocycles. The molecule has 7 heteroatoms. The zero-order chi connectivity index (χ0) is 16.6. The van der Waals surface area contributed by atoms with Gasteiger partial charge in [0.15, 0.2) is 0 Å². The minimum Gasteiger partial charge on any atom is -0.348 e. The van der Waals surface area contributed by atoms with E-state index in [0.717, 1.165) is 11.3 Å². The lowest BCUT2D eigenvalue weighted by Crippen LogP contribution is -2.57. The molecule has 1 N–H and O–H groups in total. The average molecular weight is 371 g/mol. The van der Waals surface area contributed by atoms with Crippen LogP contribution in [0.3, 0.4) is 0 Å². The second-order valence-corrected chi connectivity index (χ2v) is 8.96. The molecule has 2 saturated heterocycles. The molecule has 2 aliphatic heterocycles. The number of hydrogen-bond acceptors (Lipinski definition) is 4. The molecule has 3 rings (SSSR count). The fraction of sp³-hybridized carbons (Fsp3) is 0.500. The van der Waals surface area contributed by atoms with Gasteiger partial charge in [0.05, 0.1) is 16.7 Å². The zero-order valence-corrected chi connectivity index (χ0v) is 15.4. The number of nitrogens with zero attached hydrogens (tertiary/aromatic N) is 1. The van der Waals surface area contributed by atoms with Crippen molar-refractivity contribution in [1.82, 2.24) is 10.2 Å². The van der Waals surface area contributed by atoms with Gasteiger partial charge in [-0.2, -0.15) is 0 Å². The van der Waals surface area contributed by atoms with Crippen molar-refractivity contribution in [3.8, 4) is 0 Å². The number of amides is 2. The Balaban J connectivity index is 1.70. The van der Waals surface area contributed by atoms with Crippen LogP contribution in [0.5, 0.6) is 0 Å². The third-order valence-electron chi connectivity index (χ3n) is 4.27. The highest BCUT2D eigenvalue weighted by atomic mass is 35.5. The maximum absolute atomic E-state index is 12.7. The van der Waals surface area contributed by atoms with E-state index < -0.39 is 0 Å². The molecule has 0 radical (unpaired) electrons. The number of thioether (sulfide) groups is 2. The Kier molecular flexibility index (Phi) is 4.85. The molecule has 0 bridgehead atoms. The van der Waals surface area contributed by atoms with Gasteiger partial charge >= 0.3 is 0 Å². The Bertz CT molecular complexity index is 625. The molecule has 124 valence electrons. The van der Waals surface area contributed by atoms with Crippen LogP contribution in [0, 0.1) is 0 Å². The monoisotopic (exact) mass is 370 g/mol. The number of halogens is 1. The van der Waals surface area contributed by atoms with E-state index in [1.807, 2.05) is 31.2 Å². The van der Waals surface area contributed by atoms with Crippen molar-refractivity contribution >= 4 is 46.9 Å². The number of nitrogens with one attached hydrogen (secondary N) is 1. The molecular formula is C16H19ClN2O2S2. The highest BCUT2D eigenvalue weighted by Gasteiger charge is 2.51. The standard InChI is InChI=1S/C16H19ClN2O2S2/c1-10(11-3-5-12(17)6-4-11)18-15(21)13-7-23-16(2)9-22-8-14(20)19(13)16/h3-6,10,13H,7-9H2,1-2H3,(H,18,21). The van der Waals surface area contributed by atoms with Crippen molar-refractivity contribution in [1.29, 1.82) is 0 Å². The van der Waals surface area contributed by atoms with Crippen LogP contribution < -0.4 is 5.32 Å². The van der Waals surface area contributed by atoms with E-state index in [-0.39, 0.29) is 28.8 Å². The molecular weight excluding hydrogens is 352 g/mol. The Hall–Kier alpha value is -0.850. The van der Waals surface area contributed by atoms with Crippen molar-refractivity contribution in [3.63, 3.8) is 0 Å². The van der Waals surface area contributed by atoms with Crippen molar-refractivity contribution in [3.05, 3.63) is 34.9 Å². The molecule has 3 atom stereocenters. The molecule has 4 nitrogen and oxygen atoms in total. The molecule has 0 spiro atoms. The van der Waals surface area contributed by atoms with Crippen molar-refractivity contribution < 1.29 is 9.59 Å². The van der Waals surface area contributed by atoms with Gasteiger partial charge in [-0.3, -0.25) is 9.59 Å². The van der Waals surface area contributed by atoms with Gasteiger partial charge in [-0.25, -0.2) is 0 Å². The molecule has 2 aliphatic rings. The maximum Gasteiger partial charge on any atom is 0.244 e. The lowest BCUT2D eigenvalue weighted by Gasteiger charge is -2.40. The number of carbonyl (C=O) groups excluding carboxylic acids is 2. The minimum atomic E-state index is -0.381. The molecule has 1 aromatic rings. The second kappa shape index (κ2) is 6.57. The first kappa shape index (κ1) is 17.0. The predicted octanol–water partition coefficient (Wildman–Crippen LogP) is 2.92. The fourth-order valence-corrected chi connectivity index (χ4v) is 5.84. The largest absolute Gasteiger partial charge is 0.348 e. The van der Waals surface area contributed by atoms with Gasteiger partial charge in [0.2, 0.25) is 11.8 Å². The highest BCUT2D eigenvalue weighted by Crippen LogP contribution is 2.44. The second-order valence-electron chi connectivity index (χ2n) is 6.04. The van der Waals surface area contributed by atoms with Crippen LogP contribution >= 0.6 is 35.1 Å². The van der Waals surface area contributed by atoms with Gasteiger partial charge in [-0.05, 0) is 31.5 Å². The number of benzene rings is 1. The van der Waals surface area contributed by atoms with Crippen LogP contribution in [0.4, 0.5) is 0 Å². The van der Waals surface area contributed by atoms with Crippen LogP contribution in [-0.2, 0) is 9.59 Å². The third-order valence-corrected chi connectivity index (χ3v) is 7.37. The van der Waals surface area contributed by atoms with Crippen LogP contribution in [0.1, 0.15) is 25.5 Å². The molecule has 3 unspecified atom stereocenters. The lowest BCUT2D eigenvalue weighted by atomic mass is 10.1. The van der Waals surface area contributed by atoms with Gasteiger partial charge in [0.25, 0.3) is 0 Å². The summed E-state index contributed by atoms with van der Waals surface area (Å²) in [6.07, 6.45) is 0. The summed E-state index contributed by atoms with van der Waals surface area (Å²) in [5.74, 6) is 1.98.